The molecule has 1 aliphatic rings. The molecule has 1 N–H and O–H groups in total. The van der Waals surface area contributed by atoms with E-state index in [1.165, 1.54) is 21.6 Å². The molecule has 1 saturated heterocycles. The highest BCUT2D eigenvalue weighted by Gasteiger charge is 2.29. The van der Waals surface area contributed by atoms with E-state index in [2.05, 4.69) is 41.5 Å². The van der Waals surface area contributed by atoms with Crippen molar-refractivity contribution in [1.29, 1.82) is 0 Å². The fraction of sp³-hybridized carbons (Fsp3) is 0.300. The molecule has 1 fully saturated rings. The molecular formula is C30H33N5O3S2. The molecule has 0 saturated carbocycles. The van der Waals surface area contributed by atoms with Crippen LogP contribution in [-0.4, -0.2) is 52.2 Å². The molecule has 1 amide bonds. The van der Waals surface area contributed by atoms with E-state index in [9.17, 15) is 13.2 Å². The van der Waals surface area contributed by atoms with E-state index < -0.39 is 10.0 Å². The van der Waals surface area contributed by atoms with E-state index >= 15 is 0 Å². The van der Waals surface area contributed by atoms with Gasteiger partial charge in [0.1, 0.15) is 4.90 Å². The summed E-state index contributed by atoms with van der Waals surface area (Å²) in [5.74, 6) is 0.398. The molecule has 40 heavy (non-hydrogen) atoms. The smallest absolute Gasteiger partial charge is 0.245 e. The molecule has 3 aromatic carbocycles. The van der Waals surface area contributed by atoms with Crippen LogP contribution in [0.2, 0.25) is 0 Å². The van der Waals surface area contributed by atoms with Gasteiger partial charge >= 0.3 is 0 Å². The van der Waals surface area contributed by atoms with Gasteiger partial charge in [-0.25, -0.2) is 8.42 Å². The summed E-state index contributed by atoms with van der Waals surface area (Å²) in [6.45, 7) is 6.96. The monoisotopic (exact) mass is 575 g/mol. The summed E-state index contributed by atoms with van der Waals surface area (Å²) >= 11 is 1.26. The van der Waals surface area contributed by atoms with Gasteiger partial charge in [0.25, 0.3) is 0 Å². The second-order valence-electron chi connectivity index (χ2n) is 10.1. The molecule has 0 radical (unpaired) electrons. The zero-order valence-corrected chi connectivity index (χ0v) is 24.6. The van der Waals surface area contributed by atoms with Gasteiger partial charge in [0.05, 0.1) is 17.1 Å². The lowest BCUT2D eigenvalue weighted by atomic mass is 10.1. The van der Waals surface area contributed by atoms with Crippen molar-refractivity contribution < 1.29 is 13.2 Å². The van der Waals surface area contributed by atoms with Crippen molar-refractivity contribution in [3.05, 3.63) is 83.4 Å². The van der Waals surface area contributed by atoms with Crippen molar-refractivity contribution >= 4 is 33.4 Å². The average Bonchev–Trinajstić information content (AvgIpc) is 3.39. The Kier molecular flexibility index (Phi) is 8.39. The van der Waals surface area contributed by atoms with Crippen molar-refractivity contribution in [1.82, 2.24) is 19.1 Å². The number of carbonyl (C=O) groups excluding carboxylic acids is 1. The van der Waals surface area contributed by atoms with Gasteiger partial charge < -0.3 is 5.32 Å². The van der Waals surface area contributed by atoms with Gasteiger partial charge in [-0.05, 0) is 74.6 Å². The van der Waals surface area contributed by atoms with E-state index in [1.807, 2.05) is 47.9 Å². The minimum absolute atomic E-state index is 0.0366. The van der Waals surface area contributed by atoms with Gasteiger partial charge in [-0.2, -0.15) is 4.31 Å². The van der Waals surface area contributed by atoms with Crippen LogP contribution in [0.15, 0.2) is 76.8 Å². The number of rotatable bonds is 8. The standard InChI is InChI=1S/C30H33N5O3S2/c1-21-12-15-26(27(18-21)40(37,38)34-16-8-5-9-17-34)31-28(36)20-39-30-33-32-29(24-10-6-4-7-11-24)35(30)25-14-13-22(2)23(3)19-25/h4,6-7,10-15,18-19H,5,8-9,16-17,20H2,1-3H3,(H,31,36). The molecule has 1 aromatic heterocycles. The zero-order valence-electron chi connectivity index (χ0n) is 22.9. The van der Waals surface area contributed by atoms with Gasteiger partial charge in [0, 0.05) is 18.7 Å². The molecule has 8 nitrogen and oxygen atoms in total. The van der Waals surface area contributed by atoms with Gasteiger partial charge in [-0.1, -0.05) is 60.6 Å². The fourth-order valence-electron chi connectivity index (χ4n) is 4.74. The lowest BCUT2D eigenvalue weighted by Gasteiger charge is -2.27. The minimum atomic E-state index is -3.72. The van der Waals surface area contributed by atoms with Crippen LogP contribution >= 0.6 is 11.8 Å². The molecule has 208 valence electrons. The number of aromatic nitrogens is 3. The highest BCUT2D eigenvalue weighted by Crippen LogP contribution is 2.31. The Bertz CT molecular complexity index is 1630. The first kappa shape index (κ1) is 28.1. The Labute approximate surface area is 239 Å². The molecule has 1 aliphatic heterocycles. The van der Waals surface area contributed by atoms with Crippen LogP contribution < -0.4 is 5.32 Å². The SMILES string of the molecule is Cc1ccc(NC(=O)CSc2nnc(-c3ccccc3)n2-c2ccc(C)c(C)c2)c(S(=O)(=O)N2CCCCC2)c1. The highest BCUT2D eigenvalue weighted by molar-refractivity contribution is 7.99. The molecule has 10 heteroatoms. The third-order valence-electron chi connectivity index (χ3n) is 7.09. The second kappa shape index (κ2) is 12.0. The molecular weight excluding hydrogens is 542 g/mol. The van der Waals surface area contributed by atoms with Crippen LogP contribution in [0, 0.1) is 20.8 Å². The van der Waals surface area contributed by atoms with Crippen molar-refractivity contribution in [2.75, 3.05) is 24.2 Å². The van der Waals surface area contributed by atoms with Crippen molar-refractivity contribution in [2.24, 2.45) is 0 Å². The molecule has 4 aromatic rings. The number of nitrogens with zero attached hydrogens (tertiary/aromatic N) is 4. The van der Waals surface area contributed by atoms with Gasteiger partial charge in [-0.15, -0.1) is 10.2 Å². The van der Waals surface area contributed by atoms with E-state index in [0.717, 1.165) is 41.6 Å². The number of benzene rings is 3. The summed E-state index contributed by atoms with van der Waals surface area (Å²) in [7, 11) is -3.72. The fourth-order valence-corrected chi connectivity index (χ4v) is 7.24. The number of piperidine rings is 1. The Balaban J connectivity index is 1.40. The molecule has 0 aliphatic carbocycles. The van der Waals surface area contributed by atoms with E-state index in [4.69, 9.17) is 0 Å². The lowest BCUT2D eigenvalue weighted by molar-refractivity contribution is -0.113. The topological polar surface area (TPSA) is 97.2 Å². The largest absolute Gasteiger partial charge is 0.324 e. The first-order valence-electron chi connectivity index (χ1n) is 13.4. The normalized spacial score (nSPS) is 14.3. The maximum Gasteiger partial charge on any atom is 0.245 e. The second-order valence-corrected chi connectivity index (χ2v) is 12.9. The summed E-state index contributed by atoms with van der Waals surface area (Å²) in [6, 6.07) is 21.1. The molecule has 2 heterocycles. The molecule has 0 unspecified atom stereocenters. The average molecular weight is 576 g/mol. The number of nitrogens with one attached hydrogen (secondary N) is 1. The number of hydrogen-bond donors (Lipinski definition) is 1. The van der Waals surface area contributed by atoms with Gasteiger partial charge in [-0.3, -0.25) is 9.36 Å². The maximum absolute atomic E-state index is 13.5. The predicted molar refractivity (Wildman–Crippen MR) is 159 cm³/mol. The Hall–Kier alpha value is -3.47. The number of aryl methyl sites for hydroxylation is 3. The molecule has 0 bridgehead atoms. The quantitative estimate of drug-likeness (QED) is 0.268. The van der Waals surface area contributed by atoms with Crippen molar-refractivity contribution in [3.8, 4) is 17.1 Å². The maximum atomic E-state index is 13.5. The first-order chi connectivity index (χ1) is 19.2. The summed E-state index contributed by atoms with van der Waals surface area (Å²) < 4.78 is 30.4. The van der Waals surface area contributed by atoms with Crippen LogP contribution in [0.3, 0.4) is 0 Å². The van der Waals surface area contributed by atoms with E-state index in [1.54, 1.807) is 18.2 Å². The van der Waals surface area contributed by atoms with Gasteiger partial charge in [0.2, 0.25) is 15.9 Å². The van der Waals surface area contributed by atoms with Crippen LogP contribution in [0.1, 0.15) is 36.0 Å². The predicted octanol–water partition coefficient (Wildman–Crippen LogP) is 5.76. The first-order valence-corrected chi connectivity index (χ1v) is 15.8. The third-order valence-corrected chi connectivity index (χ3v) is 9.96. The summed E-state index contributed by atoms with van der Waals surface area (Å²) in [5.41, 5.74) is 5.25. The van der Waals surface area contributed by atoms with Crippen LogP contribution in [-0.2, 0) is 14.8 Å². The van der Waals surface area contributed by atoms with Crippen LogP contribution in [0.25, 0.3) is 17.1 Å². The van der Waals surface area contributed by atoms with Crippen LogP contribution in [0.4, 0.5) is 5.69 Å². The Morgan fingerprint density at radius 2 is 1.65 bits per heavy atom. The molecule has 0 spiro atoms. The summed E-state index contributed by atoms with van der Waals surface area (Å²) in [4.78, 5) is 13.3. The number of carbonyl (C=O) groups is 1. The number of hydrogen-bond acceptors (Lipinski definition) is 6. The zero-order chi connectivity index (χ0) is 28.3. The number of sulfonamides is 1. The Morgan fingerprint density at radius 1 is 0.900 bits per heavy atom. The highest BCUT2D eigenvalue weighted by atomic mass is 32.2. The number of anilines is 1. The van der Waals surface area contributed by atoms with E-state index in [0.29, 0.717) is 29.8 Å². The third kappa shape index (κ3) is 5.99. The Morgan fingerprint density at radius 3 is 2.38 bits per heavy atom. The lowest BCUT2D eigenvalue weighted by Crippen LogP contribution is -2.36. The van der Waals surface area contributed by atoms with Crippen molar-refractivity contribution in [2.45, 2.75) is 50.1 Å². The minimum Gasteiger partial charge on any atom is -0.324 e. The molecule has 0 atom stereocenters. The van der Waals surface area contributed by atoms with Crippen LogP contribution in [0.5, 0.6) is 0 Å². The number of amides is 1. The summed E-state index contributed by atoms with van der Waals surface area (Å²) in [6.07, 6.45) is 2.71. The van der Waals surface area contributed by atoms with Gasteiger partial charge in [0.15, 0.2) is 11.0 Å². The molecule has 5 rings (SSSR count). The summed E-state index contributed by atoms with van der Waals surface area (Å²) in [5, 5.41) is 12.3. The van der Waals surface area contributed by atoms with Crippen molar-refractivity contribution in [3.63, 3.8) is 0 Å². The number of thioether (sulfide) groups is 1. The van der Waals surface area contributed by atoms with E-state index in [-0.39, 0.29) is 16.6 Å².